The van der Waals surface area contributed by atoms with Crippen LogP contribution in [0, 0.1) is 5.82 Å². The molecule has 0 aliphatic carbocycles. The van der Waals surface area contributed by atoms with Gasteiger partial charge in [0.05, 0.1) is 12.2 Å². The molecular formula is C12H16FNO2. The summed E-state index contributed by atoms with van der Waals surface area (Å²) < 4.78 is 13.6. The lowest BCUT2D eigenvalue weighted by molar-refractivity contribution is 0.193. The van der Waals surface area contributed by atoms with Crippen molar-refractivity contribution in [2.45, 2.75) is 25.6 Å². The second-order valence-electron chi connectivity index (χ2n) is 4.24. The van der Waals surface area contributed by atoms with Crippen molar-refractivity contribution in [1.82, 2.24) is 0 Å². The third-order valence-corrected chi connectivity index (χ3v) is 2.95. The topological polar surface area (TPSA) is 43.7 Å². The molecule has 0 amide bonds. The van der Waals surface area contributed by atoms with Crippen LogP contribution in [0.5, 0.6) is 0 Å². The molecule has 3 nitrogen and oxygen atoms in total. The van der Waals surface area contributed by atoms with E-state index in [1.807, 2.05) is 4.90 Å². The minimum atomic E-state index is -0.839. The van der Waals surface area contributed by atoms with Crippen LogP contribution < -0.4 is 4.90 Å². The zero-order valence-corrected chi connectivity index (χ0v) is 9.23. The molecule has 16 heavy (non-hydrogen) atoms. The molecule has 0 radical (unpaired) electrons. The predicted octanol–water partition coefficient (Wildman–Crippen LogP) is 1.45. The highest BCUT2D eigenvalue weighted by atomic mass is 19.1. The SMILES string of the molecule is C[C@@H](O)c1c(F)cccc1N1CCC(O)C1. The van der Waals surface area contributed by atoms with Crippen LogP contribution in [0.15, 0.2) is 18.2 Å². The van der Waals surface area contributed by atoms with Crippen LogP contribution in [0.1, 0.15) is 25.0 Å². The van der Waals surface area contributed by atoms with Gasteiger partial charge in [-0.25, -0.2) is 4.39 Å². The van der Waals surface area contributed by atoms with E-state index in [2.05, 4.69) is 0 Å². The summed E-state index contributed by atoms with van der Waals surface area (Å²) in [6.45, 7) is 2.75. The maximum atomic E-state index is 13.6. The molecular weight excluding hydrogens is 209 g/mol. The van der Waals surface area contributed by atoms with Crippen LogP contribution in [0.25, 0.3) is 0 Å². The molecule has 1 aromatic rings. The number of aliphatic hydroxyl groups excluding tert-OH is 2. The molecule has 2 rings (SSSR count). The zero-order chi connectivity index (χ0) is 11.7. The number of hydrogen-bond donors (Lipinski definition) is 2. The number of rotatable bonds is 2. The summed E-state index contributed by atoms with van der Waals surface area (Å²) in [5.74, 6) is -0.395. The third-order valence-electron chi connectivity index (χ3n) is 2.95. The fraction of sp³-hybridized carbons (Fsp3) is 0.500. The van der Waals surface area contributed by atoms with Gasteiger partial charge in [-0.3, -0.25) is 0 Å². The average Bonchev–Trinajstić information content (AvgIpc) is 2.63. The Morgan fingerprint density at radius 2 is 2.25 bits per heavy atom. The van der Waals surface area contributed by atoms with Gasteiger partial charge < -0.3 is 15.1 Å². The summed E-state index contributed by atoms with van der Waals surface area (Å²) in [4.78, 5) is 1.91. The largest absolute Gasteiger partial charge is 0.391 e. The molecule has 0 spiro atoms. The molecule has 88 valence electrons. The summed E-state index contributed by atoms with van der Waals surface area (Å²) in [5.41, 5.74) is 1.00. The van der Waals surface area contributed by atoms with Gasteiger partial charge in [0.1, 0.15) is 5.82 Å². The Kier molecular flexibility index (Phi) is 3.12. The third kappa shape index (κ3) is 2.03. The summed E-state index contributed by atoms with van der Waals surface area (Å²) in [6, 6.07) is 4.75. The molecule has 2 N–H and O–H groups in total. The van der Waals surface area contributed by atoms with E-state index in [1.54, 1.807) is 19.1 Å². The van der Waals surface area contributed by atoms with Crippen molar-refractivity contribution < 1.29 is 14.6 Å². The zero-order valence-electron chi connectivity index (χ0n) is 9.23. The number of hydrogen-bond acceptors (Lipinski definition) is 3. The molecule has 1 aromatic carbocycles. The minimum absolute atomic E-state index is 0.316. The lowest BCUT2D eigenvalue weighted by Gasteiger charge is -2.23. The van der Waals surface area contributed by atoms with Crippen LogP contribution in [0.4, 0.5) is 10.1 Å². The molecule has 1 saturated heterocycles. The summed E-state index contributed by atoms with van der Waals surface area (Å²) in [7, 11) is 0. The normalized spacial score (nSPS) is 22.5. The quantitative estimate of drug-likeness (QED) is 0.800. The monoisotopic (exact) mass is 225 g/mol. The first kappa shape index (κ1) is 11.4. The first-order valence-electron chi connectivity index (χ1n) is 5.49. The van der Waals surface area contributed by atoms with Gasteiger partial charge in [-0.05, 0) is 25.5 Å². The number of anilines is 1. The Hall–Kier alpha value is -1.13. The molecule has 0 saturated carbocycles. The van der Waals surface area contributed by atoms with Crippen LogP contribution in [0.2, 0.25) is 0 Å². The van der Waals surface area contributed by atoms with Crippen LogP contribution in [-0.4, -0.2) is 29.4 Å². The standard InChI is InChI=1S/C12H16FNO2/c1-8(15)12-10(13)3-2-4-11(12)14-6-5-9(16)7-14/h2-4,8-9,15-16H,5-7H2,1H3/t8-,9?/m1/s1. The molecule has 2 atom stereocenters. The molecule has 4 heteroatoms. The van der Waals surface area contributed by atoms with Gasteiger partial charge in [-0.1, -0.05) is 6.07 Å². The van der Waals surface area contributed by atoms with E-state index in [0.717, 1.165) is 0 Å². The molecule has 1 heterocycles. The molecule has 0 bridgehead atoms. The van der Waals surface area contributed by atoms with Gasteiger partial charge in [0, 0.05) is 24.3 Å². The van der Waals surface area contributed by atoms with E-state index < -0.39 is 11.9 Å². The maximum absolute atomic E-state index is 13.6. The highest BCUT2D eigenvalue weighted by Gasteiger charge is 2.24. The van der Waals surface area contributed by atoms with Gasteiger partial charge in [-0.2, -0.15) is 0 Å². The van der Waals surface area contributed by atoms with Crippen LogP contribution in [-0.2, 0) is 0 Å². The van der Waals surface area contributed by atoms with Crippen molar-refractivity contribution in [1.29, 1.82) is 0 Å². The van der Waals surface area contributed by atoms with E-state index in [-0.39, 0.29) is 6.10 Å². The molecule has 1 unspecified atom stereocenters. The van der Waals surface area contributed by atoms with E-state index in [4.69, 9.17) is 0 Å². The number of nitrogens with zero attached hydrogens (tertiary/aromatic N) is 1. The van der Waals surface area contributed by atoms with Gasteiger partial charge in [0.25, 0.3) is 0 Å². The van der Waals surface area contributed by atoms with Crippen molar-refractivity contribution in [3.05, 3.63) is 29.6 Å². The van der Waals surface area contributed by atoms with E-state index in [9.17, 15) is 14.6 Å². The Balaban J connectivity index is 2.36. The van der Waals surface area contributed by atoms with Gasteiger partial charge in [0.15, 0.2) is 0 Å². The first-order valence-corrected chi connectivity index (χ1v) is 5.49. The van der Waals surface area contributed by atoms with Crippen molar-refractivity contribution in [2.75, 3.05) is 18.0 Å². The van der Waals surface area contributed by atoms with Crippen molar-refractivity contribution >= 4 is 5.69 Å². The van der Waals surface area contributed by atoms with Crippen LogP contribution in [0.3, 0.4) is 0 Å². The number of halogens is 1. The van der Waals surface area contributed by atoms with Crippen molar-refractivity contribution in [3.63, 3.8) is 0 Å². The molecule has 0 aromatic heterocycles. The fourth-order valence-corrected chi connectivity index (χ4v) is 2.18. The summed E-state index contributed by atoms with van der Waals surface area (Å²) >= 11 is 0. The number of benzene rings is 1. The summed E-state index contributed by atoms with van der Waals surface area (Å²) in [6.07, 6.45) is -0.505. The van der Waals surface area contributed by atoms with Gasteiger partial charge >= 0.3 is 0 Å². The lowest BCUT2D eigenvalue weighted by atomic mass is 10.1. The fourth-order valence-electron chi connectivity index (χ4n) is 2.18. The van der Waals surface area contributed by atoms with E-state index in [1.165, 1.54) is 6.07 Å². The first-order chi connectivity index (χ1) is 7.59. The molecule has 1 aliphatic heterocycles. The minimum Gasteiger partial charge on any atom is -0.391 e. The predicted molar refractivity (Wildman–Crippen MR) is 59.9 cm³/mol. The number of aliphatic hydroxyl groups is 2. The van der Waals surface area contributed by atoms with Crippen molar-refractivity contribution in [3.8, 4) is 0 Å². The highest BCUT2D eigenvalue weighted by molar-refractivity contribution is 5.56. The number of β-amino-alcohol motifs (C(OH)–C–C–N with tert-alkyl or cyclic N) is 1. The van der Waals surface area contributed by atoms with Gasteiger partial charge in [0.2, 0.25) is 0 Å². The second kappa shape index (κ2) is 4.39. The average molecular weight is 225 g/mol. The van der Waals surface area contributed by atoms with E-state index >= 15 is 0 Å². The van der Waals surface area contributed by atoms with Crippen molar-refractivity contribution in [2.24, 2.45) is 0 Å². The lowest BCUT2D eigenvalue weighted by Crippen LogP contribution is -2.23. The maximum Gasteiger partial charge on any atom is 0.131 e. The summed E-state index contributed by atoms with van der Waals surface area (Å²) in [5, 5.41) is 19.0. The Bertz CT molecular complexity index is 381. The second-order valence-corrected chi connectivity index (χ2v) is 4.24. The van der Waals surface area contributed by atoms with Gasteiger partial charge in [-0.15, -0.1) is 0 Å². The van der Waals surface area contributed by atoms with Crippen LogP contribution >= 0.6 is 0 Å². The molecule has 1 aliphatic rings. The smallest absolute Gasteiger partial charge is 0.131 e. The Labute approximate surface area is 94.1 Å². The van der Waals surface area contributed by atoms with E-state index in [0.29, 0.717) is 30.8 Å². The Morgan fingerprint density at radius 3 is 2.81 bits per heavy atom. The molecule has 1 fully saturated rings. The highest BCUT2D eigenvalue weighted by Crippen LogP contribution is 2.31. The Morgan fingerprint density at radius 1 is 1.50 bits per heavy atom.